The molecule has 0 rings (SSSR count). The molecule has 0 fully saturated rings. The minimum atomic E-state index is -1.12. The van der Waals surface area contributed by atoms with Crippen molar-refractivity contribution in [3.8, 4) is 0 Å². The standard InChI is InChI=1S/C11H21NO4/c1-7(9(13)14)8(10(15)16)12-6-5-11(2,3)4/h7-8,12H,5-6H2,1-4H3,(H,13,14)(H,15,16)/t7?,8-/m0/s1. The van der Waals surface area contributed by atoms with Gasteiger partial charge >= 0.3 is 11.9 Å². The zero-order chi connectivity index (χ0) is 12.9. The van der Waals surface area contributed by atoms with Gasteiger partial charge in [0.15, 0.2) is 0 Å². The minimum absolute atomic E-state index is 0.0997. The molecule has 2 atom stereocenters. The molecule has 0 aromatic heterocycles. The lowest BCUT2D eigenvalue weighted by Gasteiger charge is -2.22. The normalized spacial score (nSPS) is 15.5. The minimum Gasteiger partial charge on any atom is -0.481 e. The van der Waals surface area contributed by atoms with Gasteiger partial charge in [-0.3, -0.25) is 9.59 Å². The number of carboxylic acid groups (broad SMARTS) is 2. The van der Waals surface area contributed by atoms with Gasteiger partial charge in [0.05, 0.1) is 5.92 Å². The summed E-state index contributed by atoms with van der Waals surface area (Å²) in [5, 5.41) is 20.4. The van der Waals surface area contributed by atoms with Crippen LogP contribution < -0.4 is 5.32 Å². The molecular weight excluding hydrogens is 210 g/mol. The van der Waals surface area contributed by atoms with Gasteiger partial charge in [-0.2, -0.15) is 0 Å². The van der Waals surface area contributed by atoms with Crippen molar-refractivity contribution in [1.29, 1.82) is 0 Å². The smallest absolute Gasteiger partial charge is 0.321 e. The first-order valence-corrected chi connectivity index (χ1v) is 5.34. The first kappa shape index (κ1) is 14.9. The predicted molar refractivity (Wildman–Crippen MR) is 60.3 cm³/mol. The van der Waals surface area contributed by atoms with E-state index in [0.717, 1.165) is 6.42 Å². The van der Waals surface area contributed by atoms with E-state index in [1.165, 1.54) is 6.92 Å². The molecule has 0 aliphatic heterocycles. The Balaban J connectivity index is 4.26. The Hall–Kier alpha value is -1.10. The predicted octanol–water partition coefficient (Wildman–Crippen LogP) is 1.19. The van der Waals surface area contributed by atoms with E-state index in [0.29, 0.717) is 6.54 Å². The molecule has 0 spiro atoms. The van der Waals surface area contributed by atoms with E-state index in [-0.39, 0.29) is 5.41 Å². The fraction of sp³-hybridized carbons (Fsp3) is 0.818. The molecule has 5 nitrogen and oxygen atoms in total. The zero-order valence-electron chi connectivity index (χ0n) is 10.3. The monoisotopic (exact) mass is 231 g/mol. The van der Waals surface area contributed by atoms with Gasteiger partial charge in [0.2, 0.25) is 0 Å². The number of rotatable bonds is 6. The Morgan fingerprint density at radius 3 is 2.00 bits per heavy atom. The molecule has 0 bridgehead atoms. The fourth-order valence-electron chi connectivity index (χ4n) is 1.22. The lowest BCUT2D eigenvalue weighted by molar-refractivity contribution is -0.150. The summed E-state index contributed by atoms with van der Waals surface area (Å²) in [6, 6.07) is -1.03. The first-order valence-electron chi connectivity index (χ1n) is 5.34. The second-order valence-corrected chi connectivity index (χ2v) is 5.21. The maximum absolute atomic E-state index is 10.9. The molecule has 0 saturated carbocycles. The van der Waals surface area contributed by atoms with Crippen molar-refractivity contribution in [2.75, 3.05) is 6.54 Å². The first-order chi connectivity index (χ1) is 7.15. The molecule has 0 aliphatic carbocycles. The van der Waals surface area contributed by atoms with Gasteiger partial charge in [0, 0.05) is 0 Å². The molecule has 0 radical (unpaired) electrons. The maximum atomic E-state index is 10.9. The third kappa shape index (κ3) is 5.70. The highest BCUT2D eigenvalue weighted by atomic mass is 16.4. The maximum Gasteiger partial charge on any atom is 0.321 e. The van der Waals surface area contributed by atoms with Crippen LogP contribution in [-0.2, 0) is 9.59 Å². The van der Waals surface area contributed by atoms with Crippen LogP contribution >= 0.6 is 0 Å². The third-order valence-corrected chi connectivity index (χ3v) is 2.39. The fourth-order valence-corrected chi connectivity index (χ4v) is 1.22. The molecule has 0 amide bonds. The van der Waals surface area contributed by atoms with Crippen LogP contribution in [0.25, 0.3) is 0 Å². The van der Waals surface area contributed by atoms with Crippen LogP contribution in [0.4, 0.5) is 0 Å². The van der Waals surface area contributed by atoms with Gasteiger partial charge < -0.3 is 15.5 Å². The van der Waals surface area contributed by atoms with Crippen molar-refractivity contribution in [3.05, 3.63) is 0 Å². The molecule has 3 N–H and O–H groups in total. The summed E-state index contributed by atoms with van der Waals surface area (Å²) in [5.41, 5.74) is 0.0997. The van der Waals surface area contributed by atoms with Crippen LogP contribution in [0.3, 0.4) is 0 Å². The summed E-state index contributed by atoms with van der Waals surface area (Å²) in [4.78, 5) is 21.6. The number of aliphatic carboxylic acids is 2. The lowest BCUT2D eigenvalue weighted by atomic mass is 9.92. The van der Waals surface area contributed by atoms with Crippen LogP contribution in [0.1, 0.15) is 34.1 Å². The van der Waals surface area contributed by atoms with E-state index in [1.54, 1.807) is 0 Å². The van der Waals surface area contributed by atoms with E-state index in [2.05, 4.69) is 5.32 Å². The SMILES string of the molecule is CC(C(=O)O)[C@H](NCCC(C)(C)C)C(=O)O. The Labute approximate surface area is 95.9 Å². The Bertz CT molecular complexity index is 257. The van der Waals surface area contributed by atoms with Gasteiger partial charge in [-0.25, -0.2) is 0 Å². The van der Waals surface area contributed by atoms with E-state index in [4.69, 9.17) is 10.2 Å². The molecule has 0 aliphatic rings. The number of hydrogen-bond acceptors (Lipinski definition) is 3. The lowest BCUT2D eigenvalue weighted by Crippen LogP contribution is -2.45. The van der Waals surface area contributed by atoms with Crippen LogP contribution in [0.2, 0.25) is 0 Å². The Kier molecular flexibility index (Phi) is 5.44. The Morgan fingerprint density at radius 1 is 1.19 bits per heavy atom. The van der Waals surface area contributed by atoms with E-state index < -0.39 is 23.9 Å². The highest BCUT2D eigenvalue weighted by Crippen LogP contribution is 2.17. The summed E-state index contributed by atoms with van der Waals surface area (Å²) in [6.07, 6.45) is 0.795. The number of carbonyl (C=O) groups is 2. The van der Waals surface area contributed by atoms with E-state index >= 15 is 0 Å². The highest BCUT2D eigenvalue weighted by molar-refractivity contribution is 5.82. The molecular formula is C11H21NO4. The third-order valence-electron chi connectivity index (χ3n) is 2.39. The van der Waals surface area contributed by atoms with Crippen LogP contribution in [0.5, 0.6) is 0 Å². The van der Waals surface area contributed by atoms with E-state index in [1.807, 2.05) is 20.8 Å². The molecule has 0 aromatic rings. The van der Waals surface area contributed by atoms with Crippen LogP contribution in [-0.4, -0.2) is 34.7 Å². The number of carboxylic acids is 2. The molecule has 94 valence electrons. The van der Waals surface area contributed by atoms with Crippen molar-refractivity contribution < 1.29 is 19.8 Å². The molecule has 0 aromatic carbocycles. The molecule has 0 saturated heterocycles. The summed E-state index contributed by atoms with van der Waals surface area (Å²) in [7, 11) is 0. The molecule has 0 heterocycles. The van der Waals surface area contributed by atoms with Gasteiger partial charge in [-0.15, -0.1) is 0 Å². The molecule has 16 heavy (non-hydrogen) atoms. The van der Waals surface area contributed by atoms with Gasteiger partial charge in [-0.1, -0.05) is 20.8 Å². The van der Waals surface area contributed by atoms with Crippen molar-refractivity contribution in [3.63, 3.8) is 0 Å². The van der Waals surface area contributed by atoms with Gasteiger partial charge in [0.25, 0.3) is 0 Å². The zero-order valence-corrected chi connectivity index (χ0v) is 10.3. The van der Waals surface area contributed by atoms with Crippen molar-refractivity contribution in [1.82, 2.24) is 5.32 Å². The number of hydrogen-bond donors (Lipinski definition) is 3. The van der Waals surface area contributed by atoms with Crippen molar-refractivity contribution in [2.24, 2.45) is 11.3 Å². The average Bonchev–Trinajstić information content (AvgIpc) is 2.08. The number of nitrogens with one attached hydrogen (secondary N) is 1. The van der Waals surface area contributed by atoms with Crippen LogP contribution in [0.15, 0.2) is 0 Å². The second-order valence-electron chi connectivity index (χ2n) is 5.21. The molecule has 5 heteroatoms. The summed E-state index contributed by atoms with van der Waals surface area (Å²) in [5.74, 6) is -3.16. The summed E-state index contributed by atoms with van der Waals surface area (Å²) < 4.78 is 0. The average molecular weight is 231 g/mol. The van der Waals surface area contributed by atoms with Gasteiger partial charge in [-0.05, 0) is 25.3 Å². The second kappa shape index (κ2) is 5.84. The van der Waals surface area contributed by atoms with Crippen molar-refractivity contribution in [2.45, 2.75) is 40.2 Å². The summed E-state index contributed by atoms with van der Waals surface area (Å²) in [6.45, 7) is 8.03. The molecule has 1 unspecified atom stereocenters. The quantitative estimate of drug-likeness (QED) is 0.639. The summed E-state index contributed by atoms with van der Waals surface area (Å²) >= 11 is 0. The van der Waals surface area contributed by atoms with Gasteiger partial charge in [0.1, 0.15) is 6.04 Å². The van der Waals surface area contributed by atoms with Crippen molar-refractivity contribution >= 4 is 11.9 Å². The Morgan fingerprint density at radius 2 is 1.69 bits per heavy atom. The van der Waals surface area contributed by atoms with E-state index in [9.17, 15) is 9.59 Å². The largest absolute Gasteiger partial charge is 0.481 e. The highest BCUT2D eigenvalue weighted by Gasteiger charge is 2.29. The van der Waals surface area contributed by atoms with Crippen LogP contribution in [0, 0.1) is 11.3 Å². The topological polar surface area (TPSA) is 86.6 Å².